The summed E-state index contributed by atoms with van der Waals surface area (Å²) in [5.74, 6) is 1.54. The van der Waals surface area contributed by atoms with Crippen molar-refractivity contribution >= 4 is 5.91 Å². The molecule has 1 amide bonds. The number of amides is 1. The third kappa shape index (κ3) is 5.47. The highest BCUT2D eigenvalue weighted by molar-refractivity contribution is 5.78. The predicted molar refractivity (Wildman–Crippen MR) is 109 cm³/mol. The monoisotopic (exact) mass is 378 g/mol. The number of furan rings is 1. The molecule has 0 saturated heterocycles. The van der Waals surface area contributed by atoms with Crippen LogP contribution in [0.3, 0.4) is 0 Å². The molecule has 3 aromatic rings. The molecule has 1 atom stereocenters. The summed E-state index contributed by atoms with van der Waals surface area (Å²) in [7, 11) is 0. The third-order valence-corrected chi connectivity index (χ3v) is 4.44. The summed E-state index contributed by atoms with van der Waals surface area (Å²) in [6.07, 6.45) is 1.64. The first-order valence-corrected chi connectivity index (χ1v) is 9.42. The van der Waals surface area contributed by atoms with E-state index in [0.717, 1.165) is 22.6 Å². The second-order valence-electron chi connectivity index (χ2n) is 6.71. The highest BCUT2D eigenvalue weighted by Gasteiger charge is 2.17. The average molecular weight is 378 g/mol. The SMILES string of the molecule is Cc1ccc(OCCNC(=O)CN[C@H](c2ccccc2)c2ccco2)c(C)c1. The minimum Gasteiger partial charge on any atom is -0.491 e. The maximum atomic E-state index is 12.2. The molecule has 0 unspecified atom stereocenters. The lowest BCUT2D eigenvalue weighted by Gasteiger charge is -2.17. The van der Waals surface area contributed by atoms with Crippen molar-refractivity contribution in [1.29, 1.82) is 0 Å². The molecular formula is C23H26N2O3. The topological polar surface area (TPSA) is 63.5 Å². The van der Waals surface area contributed by atoms with Gasteiger partial charge in [-0.1, -0.05) is 48.0 Å². The van der Waals surface area contributed by atoms with Crippen LogP contribution in [0, 0.1) is 13.8 Å². The third-order valence-electron chi connectivity index (χ3n) is 4.44. The van der Waals surface area contributed by atoms with E-state index < -0.39 is 0 Å². The molecule has 1 heterocycles. The van der Waals surface area contributed by atoms with Gasteiger partial charge < -0.3 is 14.5 Å². The van der Waals surface area contributed by atoms with E-state index in [-0.39, 0.29) is 18.5 Å². The first-order chi connectivity index (χ1) is 13.6. The van der Waals surface area contributed by atoms with Crippen LogP contribution in [0.25, 0.3) is 0 Å². The van der Waals surface area contributed by atoms with E-state index in [2.05, 4.69) is 23.6 Å². The van der Waals surface area contributed by atoms with Crippen molar-refractivity contribution < 1.29 is 13.9 Å². The Labute approximate surface area is 165 Å². The van der Waals surface area contributed by atoms with Crippen molar-refractivity contribution in [3.05, 3.63) is 89.4 Å². The predicted octanol–water partition coefficient (Wildman–Crippen LogP) is 3.77. The molecule has 3 rings (SSSR count). The molecule has 0 bridgehead atoms. The maximum Gasteiger partial charge on any atom is 0.234 e. The molecule has 0 aliphatic rings. The Morgan fingerprint density at radius 1 is 1.07 bits per heavy atom. The molecule has 0 fully saturated rings. The molecule has 0 spiro atoms. The summed E-state index contributed by atoms with van der Waals surface area (Å²) in [6, 6.07) is 19.6. The van der Waals surface area contributed by atoms with Crippen molar-refractivity contribution in [1.82, 2.24) is 10.6 Å². The van der Waals surface area contributed by atoms with E-state index in [1.165, 1.54) is 5.56 Å². The van der Waals surface area contributed by atoms with Gasteiger partial charge in [0.15, 0.2) is 0 Å². The zero-order chi connectivity index (χ0) is 19.8. The fourth-order valence-electron chi connectivity index (χ4n) is 3.05. The molecule has 0 radical (unpaired) electrons. The molecule has 2 aromatic carbocycles. The summed E-state index contributed by atoms with van der Waals surface area (Å²) in [5.41, 5.74) is 3.34. The fourth-order valence-corrected chi connectivity index (χ4v) is 3.05. The van der Waals surface area contributed by atoms with Gasteiger partial charge in [0.1, 0.15) is 18.1 Å². The highest BCUT2D eigenvalue weighted by atomic mass is 16.5. The number of hydrogen-bond donors (Lipinski definition) is 2. The fraction of sp³-hybridized carbons (Fsp3) is 0.261. The van der Waals surface area contributed by atoms with Crippen molar-refractivity contribution in [2.24, 2.45) is 0 Å². The molecule has 1 aromatic heterocycles. The van der Waals surface area contributed by atoms with Gasteiger partial charge in [-0.05, 0) is 43.2 Å². The van der Waals surface area contributed by atoms with Crippen LogP contribution in [0.4, 0.5) is 0 Å². The number of aryl methyl sites for hydroxylation is 2. The summed E-state index contributed by atoms with van der Waals surface area (Å²) in [4.78, 5) is 12.2. The lowest BCUT2D eigenvalue weighted by Crippen LogP contribution is -2.37. The van der Waals surface area contributed by atoms with Crippen molar-refractivity contribution in [2.75, 3.05) is 19.7 Å². The van der Waals surface area contributed by atoms with E-state index in [1.54, 1.807) is 6.26 Å². The summed E-state index contributed by atoms with van der Waals surface area (Å²) in [5, 5.41) is 6.14. The highest BCUT2D eigenvalue weighted by Crippen LogP contribution is 2.22. The zero-order valence-electron chi connectivity index (χ0n) is 16.3. The van der Waals surface area contributed by atoms with E-state index in [4.69, 9.17) is 9.15 Å². The van der Waals surface area contributed by atoms with Crippen molar-refractivity contribution in [2.45, 2.75) is 19.9 Å². The Morgan fingerprint density at radius 3 is 2.61 bits per heavy atom. The Bertz CT molecular complexity index is 876. The largest absolute Gasteiger partial charge is 0.491 e. The lowest BCUT2D eigenvalue weighted by molar-refractivity contribution is -0.120. The summed E-state index contributed by atoms with van der Waals surface area (Å²) >= 11 is 0. The number of ether oxygens (including phenoxy) is 1. The average Bonchev–Trinajstić information content (AvgIpc) is 3.22. The van der Waals surface area contributed by atoms with Gasteiger partial charge in [-0.15, -0.1) is 0 Å². The van der Waals surface area contributed by atoms with Crippen LogP contribution in [0.2, 0.25) is 0 Å². The molecule has 0 saturated carbocycles. The molecule has 0 aliphatic carbocycles. The van der Waals surface area contributed by atoms with Gasteiger partial charge in [-0.25, -0.2) is 0 Å². The molecule has 28 heavy (non-hydrogen) atoms. The molecule has 0 aliphatic heterocycles. The number of carbonyl (C=O) groups excluding carboxylic acids is 1. The van der Waals surface area contributed by atoms with E-state index in [1.807, 2.05) is 61.5 Å². The smallest absolute Gasteiger partial charge is 0.234 e. The second-order valence-corrected chi connectivity index (χ2v) is 6.71. The minimum atomic E-state index is -0.173. The van der Waals surface area contributed by atoms with Crippen LogP contribution < -0.4 is 15.4 Å². The number of carbonyl (C=O) groups is 1. The molecule has 5 heteroatoms. The molecule has 2 N–H and O–H groups in total. The zero-order valence-corrected chi connectivity index (χ0v) is 16.3. The van der Waals surface area contributed by atoms with Crippen LogP contribution >= 0.6 is 0 Å². The van der Waals surface area contributed by atoms with Gasteiger partial charge in [0, 0.05) is 0 Å². The van der Waals surface area contributed by atoms with Crippen molar-refractivity contribution in [3.63, 3.8) is 0 Å². The van der Waals surface area contributed by atoms with Gasteiger partial charge >= 0.3 is 0 Å². The second kappa shape index (κ2) is 9.76. The van der Waals surface area contributed by atoms with Gasteiger partial charge in [0.05, 0.1) is 25.4 Å². The van der Waals surface area contributed by atoms with E-state index in [9.17, 15) is 4.79 Å². The lowest BCUT2D eigenvalue weighted by atomic mass is 10.0. The first kappa shape index (κ1) is 19.7. The van der Waals surface area contributed by atoms with Crippen LogP contribution in [0.1, 0.15) is 28.5 Å². The number of nitrogens with one attached hydrogen (secondary N) is 2. The quantitative estimate of drug-likeness (QED) is 0.557. The molecular weight excluding hydrogens is 352 g/mol. The summed E-state index contributed by atoms with van der Waals surface area (Å²) < 4.78 is 11.3. The Kier molecular flexibility index (Phi) is 6.87. The molecule has 5 nitrogen and oxygen atoms in total. The Hall–Kier alpha value is -3.05. The van der Waals surface area contributed by atoms with Gasteiger partial charge in [-0.2, -0.15) is 0 Å². The normalized spacial score (nSPS) is 11.8. The van der Waals surface area contributed by atoms with Gasteiger partial charge in [-0.3, -0.25) is 10.1 Å². The van der Waals surface area contributed by atoms with Crippen LogP contribution in [0.5, 0.6) is 5.75 Å². The Balaban J connectivity index is 1.46. The standard InChI is InChI=1S/C23H26N2O3/c1-17-10-11-20(18(2)15-17)28-14-12-24-22(26)16-25-23(21-9-6-13-27-21)19-7-4-3-5-8-19/h3-11,13,15,23,25H,12,14,16H2,1-2H3,(H,24,26)/t23-/m1/s1. The van der Waals surface area contributed by atoms with E-state index in [0.29, 0.717) is 13.2 Å². The number of hydrogen-bond acceptors (Lipinski definition) is 4. The van der Waals surface area contributed by atoms with Crippen LogP contribution in [0.15, 0.2) is 71.3 Å². The van der Waals surface area contributed by atoms with Gasteiger partial charge in [0.25, 0.3) is 0 Å². The summed E-state index contributed by atoms with van der Waals surface area (Å²) in [6.45, 7) is 5.13. The Morgan fingerprint density at radius 2 is 1.89 bits per heavy atom. The van der Waals surface area contributed by atoms with E-state index >= 15 is 0 Å². The number of benzene rings is 2. The van der Waals surface area contributed by atoms with Crippen LogP contribution in [-0.4, -0.2) is 25.6 Å². The number of rotatable bonds is 9. The van der Waals surface area contributed by atoms with Gasteiger partial charge in [0.2, 0.25) is 5.91 Å². The van der Waals surface area contributed by atoms with Crippen molar-refractivity contribution in [3.8, 4) is 5.75 Å². The first-order valence-electron chi connectivity index (χ1n) is 9.42. The minimum absolute atomic E-state index is 0.0864. The maximum absolute atomic E-state index is 12.2. The molecule has 146 valence electrons. The van der Waals surface area contributed by atoms with Crippen LogP contribution in [-0.2, 0) is 4.79 Å².